The second-order valence-corrected chi connectivity index (χ2v) is 5.95. The van der Waals surface area contributed by atoms with Crippen molar-refractivity contribution in [2.75, 3.05) is 11.4 Å². The summed E-state index contributed by atoms with van der Waals surface area (Å²) in [5, 5.41) is 10.9. The number of benzene rings is 1. The molecular formula is C11H10Br2N2O3. The molecule has 0 aromatic heterocycles. The molecule has 1 heterocycles. The number of carbonyl (C=O) groups is 1. The molecule has 0 radical (unpaired) electrons. The molecule has 1 aromatic carbocycles. The lowest BCUT2D eigenvalue weighted by Gasteiger charge is -2.29. The van der Waals surface area contributed by atoms with Crippen LogP contribution in [0.3, 0.4) is 0 Å². The van der Waals surface area contributed by atoms with Gasteiger partial charge in [-0.25, -0.2) is 0 Å². The lowest BCUT2D eigenvalue weighted by Crippen LogP contribution is -2.41. The fourth-order valence-corrected chi connectivity index (χ4v) is 2.86. The number of anilines is 1. The monoisotopic (exact) mass is 376 g/mol. The van der Waals surface area contributed by atoms with Gasteiger partial charge in [0, 0.05) is 12.6 Å². The van der Waals surface area contributed by atoms with E-state index in [9.17, 15) is 14.9 Å². The Hall–Kier alpha value is -0.950. The maximum absolute atomic E-state index is 12.0. The van der Waals surface area contributed by atoms with Crippen molar-refractivity contribution in [3.63, 3.8) is 0 Å². The second-order valence-electron chi connectivity index (χ2n) is 3.99. The first-order valence-electron chi connectivity index (χ1n) is 5.40. The molecular weight excluding hydrogens is 368 g/mol. The van der Waals surface area contributed by atoms with E-state index in [-0.39, 0.29) is 16.4 Å². The molecule has 0 aliphatic carbocycles. The van der Waals surface area contributed by atoms with E-state index in [1.165, 1.54) is 6.07 Å². The Morgan fingerprint density at radius 2 is 2.17 bits per heavy atom. The summed E-state index contributed by atoms with van der Waals surface area (Å²) < 4.78 is 0.413. The molecule has 1 fully saturated rings. The molecule has 1 aliphatic rings. The van der Waals surface area contributed by atoms with Crippen LogP contribution in [0.5, 0.6) is 0 Å². The summed E-state index contributed by atoms with van der Waals surface area (Å²) in [5.74, 6) is -0.0436. The van der Waals surface area contributed by atoms with Crippen LogP contribution < -0.4 is 4.90 Å². The maximum atomic E-state index is 12.0. The number of piperidine rings is 1. The fraction of sp³-hybridized carbons (Fsp3) is 0.364. The highest BCUT2D eigenvalue weighted by Crippen LogP contribution is 2.32. The van der Waals surface area contributed by atoms with Crippen LogP contribution in [0, 0.1) is 10.1 Å². The highest BCUT2D eigenvalue weighted by Gasteiger charge is 2.28. The maximum Gasteiger partial charge on any atom is 0.285 e. The molecule has 0 N–H and O–H groups in total. The van der Waals surface area contributed by atoms with Crippen molar-refractivity contribution in [3.8, 4) is 0 Å². The highest BCUT2D eigenvalue weighted by molar-refractivity contribution is 9.10. The Morgan fingerprint density at radius 3 is 2.83 bits per heavy atom. The lowest BCUT2D eigenvalue weighted by molar-refractivity contribution is -0.385. The van der Waals surface area contributed by atoms with E-state index in [1.807, 2.05) is 0 Å². The van der Waals surface area contributed by atoms with E-state index in [0.717, 1.165) is 12.8 Å². The summed E-state index contributed by atoms with van der Waals surface area (Å²) in [4.78, 5) is 23.8. The van der Waals surface area contributed by atoms with Crippen LogP contribution in [0.15, 0.2) is 22.7 Å². The van der Waals surface area contributed by atoms with Gasteiger partial charge >= 0.3 is 0 Å². The number of nitrogens with zero attached hydrogens (tertiary/aromatic N) is 2. The Morgan fingerprint density at radius 1 is 1.44 bits per heavy atom. The molecule has 1 aromatic rings. The van der Waals surface area contributed by atoms with Crippen LogP contribution in [0.1, 0.15) is 12.8 Å². The van der Waals surface area contributed by atoms with E-state index in [1.54, 1.807) is 17.0 Å². The van der Waals surface area contributed by atoms with Gasteiger partial charge in [0.05, 0.1) is 19.9 Å². The van der Waals surface area contributed by atoms with Gasteiger partial charge in [-0.2, -0.15) is 0 Å². The normalized spacial score (nSPS) is 20.0. The van der Waals surface area contributed by atoms with E-state index in [2.05, 4.69) is 31.9 Å². The molecule has 1 saturated heterocycles. The number of carbonyl (C=O) groups excluding carboxylic acids is 1. The van der Waals surface area contributed by atoms with Gasteiger partial charge in [0.1, 0.15) is 0 Å². The smallest absolute Gasteiger partial charge is 0.285 e. The number of halogens is 2. The summed E-state index contributed by atoms with van der Waals surface area (Å²) in [6.07, 6.45) is 1.68. The first-order chi connectivity index (χ1) is 8.50. The number of alkyl halides is 1. The zero-order valence-electron chi connectivity index (χ0n) is 9.31. The molecule has 1 aliphatic heterocycles. The minimum absolute atomic E-state index is 0.0306. The number of amides is 1. The second kappa shape index (κ2) is 5.36. The number of hydrogen-bond acceptors (Lipinski definition) is 3. The zero-order valence-corrected chi connectivity index (χ0v) is 12.5. The SMILES string of the molecule is O=C1C(Br)CCCN1c1ccc(Br)c([N+](=O)[O-])c1. The van der Waals surface area contributed by atoms with Crippen LogP contribution >= 0.6 is 31.9 Å². The standard InChI is InChI=1S/C11H10Br2N2O3/c12-8-4-3-7(6-10(8)15(17)18)14-5-1-2-9(13)11(14)16/h3-4,6,9H,1-2,5H2. The Bertz CT molecular complexity index is 507. The molecule has 1 atom stereocenters. The predicted octanol–water partition coefficient (Wildman–Crippen LogP) is 3.25. The highest BCUT2D eigenvalue weighted by atomic mass is 79.9. The van der Waals surface area contributed by atoms with Crippen molar-refractivity contribution in [1.29, 1.82) is 0 Å². The Kier molecular flexibility index (Phi) is 4.01. The van der Waals surface area contributed by atoms with Crippen LogP contribution in [-0.4, -0.2) is 22.2 Å². The van der Waals surface area contributed by atoms with Gasteiger partial charge in [-0.15, -0.1) is 0 Å². The summed E-state index contributed by atoms with van der Waals surface area (Å²) in [6.45, 7) is 0.597. The Balaban J connectivity index is 2.36. The van der Waals surface area contributed by atoms with Crippen molar-refractivity contribution < 1.29 is 9.72 Å². The Labute approximate surface area is 121 Å². The van der Waals surface area contributed by atoms with Gasteiger partial charge in [-0.3, -0.25) is 14.9 Å². The van der Waals surface area contributed by atoms with Gasteiger partial charge in [-0.1, -0.05) is 15.9 Å². The number of hydrogen-bond donors (Lipinski definition) is 0. The molecule has 7 heteroatoms. The van der Waals surface area contributed by atoms with Crippen LogP contribution in [-0.2, 0) is 4.79 Å². The summed E-state index contributed by atoms with van der Waals surface area (Å²) >= 11 is 6.45. The molecule has 1 unspecified atom stereocenters. The lowest BCUT2D eigenvalue weighted by atomic mass is 10.1. The van der Waals surface area contributed by atoms with Gasteiger partial charge in [0.2, 0.25) is 5.91 Å². The molecule has 0 bridgehead atoms. The first-order valence-corrected chi connectivity index (χ1v) is 7.11. The van der Waals surface area contributed by atoms with Crippen molar-refractivity contribution >= 4 is 49.1 Å². The summed E-state index contributed by atoms with van der Waals surface area (Å²) in [7, 11) is 0. The topological polar surface area (TPSA) is 63.5 Å². The molecule has 1 amide bonds. The zero-order chi connectivity index (χ0) is 13.3. The van der Waals surface area contributed by atoms with Crippen LogP contribution in [0.25, 0.3) is 0 Å². The number of nitro groups is 1. The third-order valence-electron chi connectivity index (χ3n) is 2.81. The number of nitro benzene ring substituents is 1. The van der Waals surface area contributed by atoms with E-state index in [0.29, 0.717) is 16.7 Å². The van der Waals surface area contributed by atoms with E-state index in [4.69, 9.17) is 0 Å². The minimum Gasteiger partial charge on any atom is -0.311 e. The van der Waals surface area contributed by atoms with Gasteiger partial charge in [0.15, 0.2) is 0 Å². The molecule has 18 heavy (non-hydrogen) atoms. The van der Waals surface area contributed by atoms with Crippen LogP contribution in [0.4, 0.5) is 11.4 Å². The molecule has 96 valence electrons. The average molecular weight is 378 g/mol. The third-order valence-corrected chi connectivity index (χ3v) is 4.33. The summed E-state index contributed by atoms with van der Waals surface area (Å²) in [6, 6.07) is 4.73. The van der Waals surface area contributed by atoms with Gasteiger partial charge in [-0.05, 0) is 40.9 Å². The molecule has 2 rings (SSSR count). The van der Waals surface area contributed by atoms with Gasteiger partial charge in [0.25, 0.3) is 5.69 Å². The fourth-order valence-electron chi connectivity index (χ4n) is 1.90. The predicted molar refractivity (Wildman–Crippen MR) is 75.1 cm³/mol. The largest absolute Gasteiger partial charge is 0.311 e. The minimum atomic E-state index is -0.465. The van der Waals surface area contributed by atoms with Crippen molar-refractivity contribution in [3.05, 3.63) is 32.8 Å². The first kappa shape index (κ1) is 13.5. The van der Waals surface area contributed by atoms with Crippen molar-refractivity contribution in [2.45, 2.75) is 17.7 Å². The van der Waals surface area contributed by atoms with E-state index < -0.39 is 4.92 Å². The molecule has 0 spiro atoms. The van der Waals surface area contributed by atoms with Crippen LogP contribution in [0.2, 0.25) is 0 Å². The van der Waals surface area contributed by atoms with Gasteiger partial charge < -0.3 is 4.90 Å². The van der Waals surface area contributed by atoms with Crippen molar-refractivity contribution in [1.82, 2.24) is 0 Å². The third kappa shape index (κ3) is 2.56. The quantitative estimate of drug-likeness (QED) is 0.451. The van der Waals surface area contributed by atoms with E-state index >= 15 is 0 Å². The van der Waals surface area contributed by atoms with Crippen molar-refractivity contribution in [2.24, 2.45) is 0 Å². The molecule has 0 saturated carbocycles. The number of rotatable bonds is 2. The molecule has 5 nitrogen and oxygen atoms in total. The average Bonchev–Trinajstić information content (AvgIpc) is 2.33. The summed E-state index contributed by atoms with van der Waals surface area (Å²) in [5.41, 5.74) is 0.538.